The van der Waals surface area contributed by atoms with Gasteiger partial charge in [0.25, 0.3) is 5.91 Å². The first kappa shape index (κ1) is 28.3. The summed E-state index contributed by atoms with van der Waals surface area (Å²) in [7, 11) is 2.21. The molecule has 0 atom stereocenters. The zero-order valence-electron chi connectivity index (χ0n) is 24.3. The van der Waals surface area contributed by atoms with Crippen LogP contribution in [0.2, 0.25) is 0 Å². The lowest BCUT2D eigenvalue weighted by Crippen LogP contribution is -2.52. The number of ether oxygens (including phenoxy) is 1. The summed E-state index contributed by atoms with van der Waals surface area (Å²) in [5.41, 5.74) is 8.99. The van der Waals surface area contributed by atoms with Gasteiger partial charge in [-0.3, -0.25) is 14.7 Å². The van der Waals surface area contributed by atoms with Crippen molar-refractivity contribution in [3.8, 4) is 11.4 Å². The summed E-state index contributed by atoms with van der Waals surface area (Å²) in [6.45, 7) is 8.15. The Morgan fingerprint density at radius 1 is 0.905 bits per heavy atom. The maximum absolute atomic E-state index is 12.5. The minimum Gasteiger partial charge on any atom is -0.381 e. The summed E-state index contributed by atoms with van der Waals surface area (Å²) in [6.07, 6.45) is 5.79. The van der Waals surface area contributed by atoms with E-state index in [1.807, 2.05) is 30.3 Å². The minimum absolute atomic E-state index is 0.0724. The number of aromatic nitrogens is 3. The van der Waals surface area contributed by atoms with Crippen LogP contribution in [0.5, 0.6) is 0 Å². The number of hydrogen-bond acceptors (Lipinski definition) is 10. The molecule has 3 aromatic rings. The Balaban J connectivity index is 1.18. The molecule has 3 saturated heterocycles. The van der Waals surface area contributed by atoms with E-state index in [-0.39, 0.29) is 11.7 Å². The van der Waals surface area contributed by atoms with Crippen molar-refractivity contribution in [2.45, 2.75) is 37.8 Å². The van der Waals surface area contributed by atoms with E-state index in [2.05, 4.69) is 54.5 Å². The van der Waals surface area contributed by atoms with Gasteiger partial charge in [-0.25, -0.2) is 9.97 Å². The average Bonchev–Trinajstić information content (AvgIpc) is 3.03. The van der Waals surface area contributed by atoms with E-state index in [1.54, 1.807) is 6.20 Å². The normalized spacial score (nSPS) is 19.5. The van der Waals surface area contributed by atoms with Gasteiger partial charge in [-0.2, -0.15) is 0 Å². The number of piperidine rings is 1. The van der Waals surface area contributed by atoms with Gasteiger partial charge in [-0.05, 0) is 69.1 Å². The molecule has 11 nitrogen and oxygen atoms in total. The molecule has 0 spiro atoms. The van der Waals surface area contributed by atoms with Crippen molar-refractivity contribution >= 4 is 28.9 Å². The number of rotatable bonds is 8. The number of amides is 1. The second-order valence-corrected chi connectivity index (χ2v) is 11.5. The number of carbonyl (C=O) groups excluding carboxylic acids is 1. The first-order valence-corrected chi connectivity index (χ1v) is 15.1. The molecule has 3 fully saturated rings. The smallest absolute Gasteiger partial charge is 0.271 e. The van der Waals surface area contributed by atoms with Crippen LogP contribution in [0.15, 0.2) is 48.7 Å². The molecule has 1 amide bonds. The maximum Gasteiger partial charge on any atom is 0.271 e. The second-order valence-electron chi connectivity index (χ2n) is 11.5. The van der Waals surface area contributed by atoms with E-state index < -0.39 is 5.91 Å². The highest BCUT2D eigenvalue weighted by Gasteiger charge is 2.27. The lowest BCUT2D eigenvalue weighted by Gasteiger charge is -2.42. The monoisotopic (exact) mass is 571 g/mol. The van der Waals surface area contributed by atoms with Gasteiger partial charge in [-0.1, -0.05) is 6.07 Å². The quantitative estimate of drug-likeness (QED) is 0.371. The minimum atomic E-state index is -0.653. The third-order valence-electron chi connectivity index (χ3n) is 8.61. The maximum atomic E-state index is 12.5. The summed E-state index contributed by atoms with van der Waals surface area (Å²) in [5.74, 6) is 0.227. The molecule has 1 aromatic carbocycles. The average molecular weight is 572 g/mol. The van der Waals surface area contributed by atoms with E-state index in [0.717, 1.165) is 44.7 Å². The molecule has 4 N–H and O–H groups in total. The number of anilines is 4. The Labute approximate surface area is 247 Å². The van der Waals surface area contributed by atoms with Gasteiger partial charge in [0.1, 0.15) is 5.69 Å². The molecule has 3 aliphatic heterocycles. The van der Waals surface area contributed by atoms with E-state index in [4.69, 9.17) is 15.5 Å². The Hall–Kier alpha value is -3.80. The molecular formula is C31H41N9O2. The van der Waals surface area contributed by atoms with Crippen molar-refractivity contribution in [1.82, 2.24) is 24.8 Å². The molecule has 5 heterocycles. The summed E-state index contributed by atoms with van der Waals surface area (Å²) >= 11 is 0. The molecule has 11 heteroatoms. The van der Waals surface area contributed by atoms with Crippen LogP contribution in [0, 0.1) is 0 Å². The molecule has 2 aromatic heterocycles. The van der Waals surface area contributed by atoms with E-state index in [9.17, 15) is 4.79 Å². The van der Waals surface area contributed by atoms with Crippen LogP contribution in [0.3, 0.4) is 0 Å². The molecule has 0 aliphatic carbocycles. The van der Waals surface area contributed by atoms with Gasteiger partial charge in [0.15, 0.2) is 17.3 Å². The lowest BCUT2D eigenvalue weighted by atomic mass is 10.0. The summed E-state index contributed by atoms with van der Waals surface area (Å²) in [5, 5.41) is 6.83. The van der Waals surface area contributed by atoms with Gasteiger partial charge in [0.05, 0.1) is 5.69 Å². The van der Waals surface area contributed by atoms with Crippen molar-refractivity contribution in [2.24, 2.45) is 5.73 Å². The number of nitrogens with two attached hydrogens (primary N) is 1. The number of piperazine rings is 1. The van der Waals surface area contributed by atoms with Gasteiger partial charge < -0.3 is 30.9 Å². The molecule has 0 bridgehead atoms. The Morgan fingerprint density at radius 2 is 1.64 bits per heavy atom. The van der Waals surface area contributed by atoms with Crippen LogP contribution >= 0.6 is 0 Å². The first-order chi connectivity index (χ1) is 20.5. The van der Waals surface area contributed by atoms with Crippen molar-refractivity contribution < 1.29 is 9.53 Å². The fourth-order valence-electron chi connectivity index (χ4n) is 6.08. The van der Waals surface area contributed by atoms with Gasteiger partial charge >= 0.3 is 0 Å². The number of nitrogens with one attached hydrogen (secondary N) is 2. The van der Waals surface area contributed by atoms with Crippen LogP contribution in [0.4, 0.5) is 23.0 Å². The van der Waals surface area contributed by atoms with Crippen molar-refractivity contribution in [3.05, 3.63) is 54.4 Å². The van der Waals surface area contributed by atoms with Gasteiger partial charge in [-0.15, -0.1) is 0 Å². The molecule has 6 rings (SSSR count). The van der Waals surface area contributed by atoms with E-state index in [0.29, 0.717) is 42.3 Å². The SMILES string of the molecule is CN1CCN(C2CCN(c3ccc(Nc4nc(NC5CCOCC5)c(-c5ccccn5)nc4C(N)=O)cc3)CC2)CC1. The van der Waals surface area contributed by atoms with Gasteiger partial charge in [0.2, 0.25) is 0 Å². The number of hydrogen-bond donors (Lipinski definition) is 3. The largest absolute Gasteiger partial charge is 0.381 e. The van der Waals surface area contributed by atoms with Crippen molar-refractivity contribution in [1.29, 1.82) is 0 Å². The van der Waals surface area contributed by atoms with Crippen LogP contribution in [-0.2, 0) is 4.74 Å². The van der Waals surface area contributed by atoms with Crippen molar-refractivity contribution in [2.75, 3.05) is 75.1 Å². The van der Waals surface area contributed by atoms with E-state index >= 15 is 0 Å². The molecular weight excluding hydrogens is 530 g/mol. The Bertz CT molecular complexity index is 1330. The second kappa shape index (κ2) is 13.0. The highest BCUT2D eigenvalue weighted by Crippen LogP contribution is 2.30. The first-order valence-electron chi connectivity index (χ1n) is 15.1. The van der Waals surface area contributed by atoms with Crippen molar-refractivity contribution in [3.63, 3.8) is 0 Å². The van der Waals surface area contributed by atoms with E-state index in [1.165, 1.54) is 31.6 Å². The zero-order valence-corrected chi connectivity index (χ0v) is 24.3. The van der Waals surface area contributed by atoms with Crippen LogP contribution in [0.25, 0.3) is 11.4 Å². The number of nitrogens with zero attached hydrogens (tertiary/aromatic N) is 6. The lowest BCUT2D eigenvalue weighted by molar-refractivity contribution is 0.0904. The van der Waals surface area contributed by atoms with Crippen LogP contribution in [-0.4, -0.2) is 102 Å². The Morgan fingerprint density at radius 3 is 2.31 bits per heavy atom. The standard InChI is InChI=1S/C31H41N9O2/c1-38-16-18-40(19-17-38)25-9-14-39(15-10-25)24-7-5-22(6-8-24)34-31-28(29(32)41)36-27(26-4-2-3-13-33-26)30(37-31)35-23-11-20-42-21-12-23/h2-8,13,23,25H,9-12,14-21H2,1H3,(H2,32,41)(H2,34,35,37). The highest BCUT2D eigenvalue weighted by molar-refractivity contribution is 5.97. The molecule has 0 unspecified atom stereocenters. The number of likely N-dealkylation sites (N-methyl/N-ethyl adjacent to an activating group) is 1. The fourth-order valence-corrected chi connectivity index (χ4v) is 6.08. The third-order valence-corrected chi connectivity index (χ3v) is 8.61. The predicted octanol–water partition coefficient (Wildman–Crippen LogP) is 3.19. The zero-order chi connectivity index (χ0) is 28.9. The topological polar surface area (TPSA) is 125 Å². The van der Waals surface area contributed by atoms with Crippen LogP contribution in [0.1, 0.15) is 36.2 Å². The Kier molecular flexibility index (Phi) is 8.78. The molecule has 42 heavy (non-hydrogen) atoms. The number of primary amides is 1. The highest BCUT2D eigenvalue weighted by atomic mass is 16.5. The summed E-state index contributed by atoms with van der Waals surface area (Å²) < 4.78 is 5.53. The number of carbonyl (C=O) groups is 1. The molecule has 0 saturated carbocycles. The van der Waals surface area contributed by atoms with Crippen LogP contribution < -0.4 is 21.3 Å². The summed E-state index contributed by atoms with van der Waals surface area (Å²) in [6, 6.07) is 14.7. The number of benzene rings is 1. The summed E-state index contributed by atoms with van der Waals surface area (Å²) in [4.78, 5) is 34.0. The van der Waals surface area contributed by atoms with Gasteiger partial charge in [0, 0.05) is 82.1 Å². The molecule has 0 radical (unpaired) electrons. The molecule has 222 valence electrons. The number of pyridine rings is 1. The third kappa shape index (κ3) is 6.64. The fraction of sp³-hybridized carbons (Fsp3) is 0.484. The molecule has 3 aliphatic rings. The predicted molar refractivity (Wildman–Crippen MR) is 165 cm³/mol.